The number of benzene rings is 3. The van der Waals surface area contributed by atoms with Gasteiger partial charge in [0.15, 0.2) is 0 Å². The Kier molecular flexibility index (Phi) is 10.3. The van der Waals surface area contributed by atoms with Crippen molar-refractivity contribution in [3.63, 3.8) is 0 Å². The summed E-state index contributed by atoms with van der Waals surface area (Å²) in [7, 11) is -2.54. The molecule has 0 aliphatic heterocycles. The van der Waals surface area contributed by atoms with Gasteiger partial charge in [-0.25, -0.2) is 0 Å². The Morgan fingerprint density at radius 1 is 0.771 bits per heavy atom. The highest BCUT2D eigenvalue weighted by Crippen LogP contribution is 2.36. The second kappa shape index (κ2) is 13.1. The summed E-state index contributed by atoms with van der Waals surface area (Å²) >= 11 is 0. The van der Waals surface area contributed by atoms with E-state index in [4.69, 9.17) is 9.16 Å². The van der Waals surface area contributed by atoms with E-state index in [9.17, 15) is 10.2 Å². The molecule has 0 saturated carbocycles. The highest BCUT2D eigenvalue weighted by molar-refractivity contribution is 6.99. The molecule has 188 valence electrons. The minimum absolute atomic E-state index is 0.0515. The summed E-state index contributed by atoms with van der Waals surface area (Å²) in [5.41, 5.74) is 1.05. The lowest BCUT2D eigenvalue weighted by Crippen LogP contribution is -2.66. The van der Waals surface area contributed by atoms with Crippen molar-refractivity contribution in [2.45, 2.75) is 63.9 Å². The van der Waals surface area contributed by atoms with Crippen LogP contribution < -0.4 is 10.4 Å². The average Bonchev–Trinajstić information content (AvgIpc) is 2.88. The molecule has 0 bridgehead atoms. The van der Waals surface area contributed by atoms with E-state index in [1.165, 1.54) is 10.4 Å². The van der Waals surface area contributed by atoms with Gasteiger partial charge in [0.2, 0.25) is 0 Å². The maximum atomic E-state index is 10.3. The third-order valence-corrected chi connectivity index (χ3v) is 11.6. The maximum absolute atomic E-state index is 10.3. The molecule has 0 amide bonds. The summed E-state index contributed by atoms with van der Waals surface area (Å²) in [6.07, 6.45) is 1.06. The molecule has 2 atom stereocenters. The highest BCUT2D eigenvalue weighted by Gasteiger charge is 2.49. The van der Waals surface area contributed by atoms with Gasteiger partial charge in [-0.3, -0.25) is 0 Å². The summed E-state index contributed by atoms with van der Waals surface area (Å²) < 4.78 is 12.9. The molecule has 0 heterocycles. The molecule has 0 aliphatic rings. The van der Waals surface area contributed by atoms with Crippen molar-refractivity contribution in [3.8, 4) is 0 Å². The van der Waals surface area contributed by atoms with E-state index in [1.54, 1.807) is 0 Å². The van der Waals surface area contributed by atoms with Crippen LogP contribution in [0.2, 0.25) is 5.04 Å². The Morgan fingerprint density at radius 2 is 1.29 bits per heavy atom. The highest BCUT2D eigenvalue weighted by atomic mass is 28.4. The molecule has 0 radical (unpaired) electrons. The lowest BCUT2D eigenvalue weighted by Gasteiger charge is -2.43. The molecule has 0 spiro atoms. The standard InChI is InChI=1S/C30H40O4Si/c1-30(2,3)35(26-17-9-5-10-18-26,27-19-11-6-12-20-27)34-22-14-13-21-29(28(32)23-31)33-24-25-15-7-4-8-16-25/h4-12,15-20,28-29,31-32H,13-14,21-24H2,1-3H3/t28-,29+/m0/s1. The van der Waals surface area contributed by atoms with Gasteiger partial charge in [0, 0.05) is 6.61 Å². The van der Waals surface area contributed by atoms with Crippen LogP contribution in [0.3, 0.4) is 0 Å². The number of aliphatic hydroxyl groups is 2. The Bertz CT molecular complexity index is 934. The SMILES string of the molecule is CC(C)(C)[Si](OCCCC[C@@H](OCc1ccccc1)[C@@H](O)CO)(c1ccccc1)c1ccccc1. The van der Waals surface area contributed by atoms with Crippen LogP contribution in [0.4, 0.5) is 0 Å². The van der Waals surface area contributed by atoms with Crippen LogP contribution in [0.1, 0.15) is 45.6 Å². The lowest BCUT2D eigenvalue weighted by atomic mass is 10.1. The van der Waals surface area contributed by atoms with E-state index < -0.39 is 20.5 Å². The number of hydrogen-bond donors (Lipinski definition) is 2. The molecule has 3 aromatic carbocycles. The van der Waals surface area contributed by atoms with Crippen molar-refractivity contribution in [2.24, 2.45) is 0 Å². The van der Waals surface area contributed by atoms with Crippen LogP contribution in [-0.2, 0) is 15.8 Å². The predicted octanol–water partition coefficient (Wildman–Crippen LogP) is 4.67. The van der Waals surface area contributed by atoms with Gasteiger partial charge in [0.25, 0.3) is 8.32 Å². The molecule has 4 nitrogen and oxygen atoms in total. The lowest BCUT2D eigenvalue weighted by molar-refractivity contribution is -0.0693. The smallest absolute Gasteiger partial charge is 0.261 e. The third-order valence-electron chi connectivity index (χ3n) is 6.54. The topological polar surface area (TPSA) is 58.9 Å². The number of rotatable bonds is 13. The molecule has 3 aromatic rings. The summed E-state index contributed by atoms with van der Waals surface area (Å²) in [5, 5.41) is 22.3. The van der Waals surface area contributed by atoms with Gasteiger partial charge in [0.05, 0.1) is 19.3 Å². The van der Waals surface area contributed by atoms with Crippen molar-refractivity contribution in [3.05, 3.63) is 96.6 Å². The second-order valence-corrected chi connectivity index (χ2v) is 14.4. The molecule has 0 unspecified atom stereocenters. The first kappa shape index (κ1) is 27.3. The molecule has 3 rings (SSSR count). The maximum Gasteiger partial charge on any atom is 0.261 e. The molecule has 5 heteroatoms. The van der Waals surface area contributed by atoms with Crippen LogP contribution in [0.15, 0.2) is 91.0 Å². The van der Waals surface area contributed by atoms with Gasteiger partial charge in [-0.1, -0.05) is 112 Å². The molecular weight excluding hydrogens is 452 g/mol. The van der Waals surface area contributed by atoms with Crippen molar-refractivity contribution < 1.29 is 19.4 Å². The van der Waals surface area contributed by atoms with Gasteiger partial charge in [0.1, 0.15) is 6.10 Å². The molecule has 2 N–H and O–H groups in total. The minimum atomic E-state index is -2.54. The van der Waals surface area contributed by atoms with E-state index in [-0.39, 0.29) is 11.6 Å². The molecule has 35 heavy (non-hydrogen) atoms. The Hall–Kier alpha value is -2.28. The van der Waals surface area contributed by atoms with Gasteiger partial charge in [-0.2, -0.15) is 0 Å². The van der Waals surface area contributed by atoms with Crippen molar-refractivity contribution in [2.75, 3.05) is 13.2 Å². The fraction of sp³-hybridized carbons (Fsp3) is 0.400. The van der Waals surface area contributed by atoms with Crippen LogP contribution >= 0.6 is 0 Å². The molecule has 0 fully saturated rings. The zero-order chi connectivity index (χ0) is 25.2. The molecular formula is C30H40O4Si. The van der Waals surface area contributed by atoms with Crippen LogP contribution in [0.5, 0.6) is 0 Å². The molecule has 0 saturated heterocycles. The summed E-state index contributed by atoms with van der Waals surface area (Å²) in [4.78, 5) is 0. The number of aliphatic hydroxyl groups excluding tert-OH is 2. The van der Waals surface area contributed by atoms with Crippen molar-refractivity contribution in [1.29, 1.82) is 0 Å². The summed E-state index contributed by atoms with van der Waals surface area (Å²) in [5.74, 6) is 0. The first-order chi connectivity index (χ1) is 16.9. The van der Waals surface area contributed by atoms with E-state index in [1.807, 2.05) is 30.3 Å². The third kappa shape index (κ3) is 7.12. The van der Waals surface area contributed by atoms with E-state index in [0.29, 0.717) is 19.6 Å². The number of hydrogen-bond acceptors (Lipinski definition) is 4. The monoisotopic (exact) mass is 492 g/mol. The minimum Gasteiger partial charge on any atom is -0.407 e. The van der Waals surface area contributed by atoms with E-state index in [0.717, 1.165) is 18.4 Å². The van der Waals surface area contributed by atoms with E-state index in [2.05, 4.69) is 81.4 Å². The Labute approximate surface area is 211 Å². The first-order valence-electron chi connectivity index (χ1n) is 12.6. The van der Waals surface area contributed by atoms with Gasteiger partial charge < -0.3 is 19.4 Å². The number of unbranched alkanes of at least 4 members (excludes halogenated alkanes) is 1. The van der Waals surface area contributed by atoms with Gasteiger partial charge in [-0.05, 0) is 40.2 Å². The first-order valence-corrected chi connectivity index (χ1v) is 14.5. The fourth-order valence-corrected chi connectivity index (χ4v) is 9.32. The van der Waals surface area contributed by atoms with Crippen molar-refractivity contribution >= 4 is 18.7 Å². The predicted molar refractivity (Wildman–Crippen MR) is 146 cm³/mol. The van der Waals surface area contributed by atoms with Gasteiger partial charge >= 0.3 is 0 Å². The zero-order valence-corrected chi connectivity index (χ0v) is 22.3. The van der Waals surface area contributed by atoms with E-state index >= 15 is 0 Å². The Balaban J connectivity index is 1.67. The van der Waals surface area contributed by atoms with Crippen LogP contribution in [0.25, 0.3) is 0 Å². The van der Waals surface area contributed by atoms with Crippen molar-refractivity contribution in [1.82, 2.24) is 0 Å². The summed E-state index contributed by atoms with van der Waals surface area (Å²) in [6, 6.07) is 31.2. The largest absolute Gasteiger partial charge is 0.407 e. The molecule has 0 aliphatic carbocycles. The normalized spacial score (nSPS) is 14.0. The second-order valence-electron chi connectivity index (χ2n) is 10.1. The Morgan fingerprint density at radius 3 is 1.77 bits per heavy atom. The fourth-order valence-electron chi connectivity index (χ4n) is 4.72. The van der Waals surface area contributed by atoms with Crippen LogP contribution in [0, 0.1) is 0 Å². The average molecular weight is 493 g/mol. The zero-order valence-electron chi connectivity index (χ0n) is 21.3. The number of ether oxygens (including phenoxy) is 1. The quantitative estimate of drug-likeness (QED) is 0.269. The van der Waals surface area contributed by atoms with Crippen LogP contribution in [-0.4, -0.2) is 44.0 Å². The van der Waals surface area contributed by atoms with Gasteiger partial charge in [-0.15, -0.1) is 0 Å². The molecule has 0 aromatic heterocycles. The summed E-state index contributed by atoms with van der Waals surface area (Å²) in [6.45, 7) is 7.59.